The lowest BCUT2D eigenvalue weighted by Crippen LogP contribution is -2.47. The van der Waals surface area contributed by atoms with E-state index in [2.05, 4.69) is 19.6 Å². The molecule has 0 aliphatic carbocycles. The monoisotopic (exact) mass is 302 g/mol. The van der Waals surface area contributed by atoms with Gasteiger partial charge in [-0.05, 0) is 30.5 Å². The third-order valence-corrected chi connectivity index (χ3v) is 5.78. The highest BCUT2D eigenvalue weighted by Crippen LogP contribution is 2.21. The lowest BCUT2D eigenvalue weighted by Gasteiger charge is -2.20. The first-order valence-electron chi connectivity index (χ1n) is 9.37. The Morgan fingerprint density at radius 2 is 1.86 bits per heavy atom. The predicted molar refractivity (Wildman–Crippen MR) is 94.8 cm³/mol. The van der Waals surface area contributed by atoms with E-state index in [9.17, 15) is 0 Å². The molecule has 2 rings (SSSR count). The molecule has 1 heterocycles. The van der Waals surface area contributed by atoms with E-state index >= 15 is 0 Å². The van der Waals surface area contributed by atoms with Gasteiger partial charge in [0, 0.05) is 22.3 Å². The zero-order valence-corrected chi connectivity index (χ0v) is 14.9. The lowest BCUT2D eigenvalue weighted by molar-refractivity contribution is -0.659. The molecule has 21 heavy (non-hydrogen) atoms. The summed E-state index contributed by atoms with van der Waals surface area (Å²) in [6.45, 7) is 9.86. The van der Waals surface area contributed by atoms with Crippen molar-refractivity contribution in [3.63, 3.8) is 0 Å². The van der Waals surface area contributed by atoms with E-state index in [1.165, 1.54) is 6.92 Å². The van der Waals surface area contributed by atoms with E-state index < -0.39 is 20.8 Å². The predicted octanol–water partition coefficient (Wildman–Crippen LogP) is 3.98. The van der Waals surface area contributed by atoms with E-state index in [1.807, 2.05) is 55.1 Å². The molecule has 0 atom stereocenters. The van der Waals surface area contributed by atoms with Crippen molar-refractivity contribution in [3.05, 3.63) is 47.7 Å². The SMILES string of the molecule is [2H]C([2H])(C)C([2H])([2H])c1cc(-c2ccccc2C)[n+](C)cc1[Si](C)(C)C. The number of hydrogen-bond acceptors (Lipinski definition) is 0. The van der Waals surface area contributed by atoms with E-state index in [-0.39, 0.29) is 0 Å². The van der Waals surface area contributed by atoms with E-state index in [4.69, 9.17) is 5.48 Å². The van der Waals surface area contributed by atoms with Crippen molar-refractivity contribution in [1.29, 1.82) is 0 Å². The van der Waals surface area contributed by atoms with Crippen molar-refractivity contribution in [2.24, 2.45) is 7.05 Å². The highest BCUT2D eigenvalue weighted by atomic mass is 28.3. The van der Waals surface area contributed by atoms with Gasteiger partial charge in [-0.3, -0.25) is 0 Å². The quantitative estimate of drug-likeness (QED) is 0.594. The van der Waals surface area contributed by atoms with Gasteiger partial charge in [0.2, 0.25) is 5.69 Å². The fourth-order valence-electron chi connectivity index (χ4n) is 2.61. The van der Waals surface area contributed by atoms with Gasteiger partial charge in [-0.25, -0.2) is 4.57 Å². The largest absolute Gasteiger partial charge is 0.212 e. The van der Waals surface area contributed by atoms with Gasteiger partial charge in [0.05, 0.1) is 8.07 Å². The summed E-state index contributed by atoms with van der Waals surface area (Å²) in [5, 5.41) is 0.961. The number of pyridine rings is 1. The molecule has 1 aromatic heterocycles. The molecule has 112 valence electrons. The molecule has 0 aliphatic rings. The maximum Gasteiger partial charge on any atom is 0.212 e. The summed E-state index contributed by atoms with van der Waals surface area (Å²) >= 11 is 0. The first kappa shape index (κ1) is 11.2. The third-order valence-electron chi connectivity index (χ3n) is 3.76. The molecule has 0 N–H and O–H groups in total. The molecule has 0 saturated carbocycles. The van der Waals surface area contributed by atoms with Crippen molar-refractivity contribution in [2.75, 3.05) is 0 Å². The van der Waals surface area contributed by atoms with Gasteiger partial charge in [0.15, 0.2) is 6.20 Å². The molecule has 0 unspecified atom stereocenters. The number of rotatable bonds is 4. The molecular formula is C19H28NSi+. The Bertz CT molecular complexity index is 789. The summed E-state index contributed by atoms with van der Waals surface area (Å²) in [5.74, 6) is 0. The van der Waals surface area contributed by atoms with Crippen LogP contribution in [0.15, 0.2) is 36.5 Å². The number of aromatic nitrogens is 1. The van der Waals surface area contributed by atoms with Gasteiger partial charge in [0.25, 0.3) is 0 Å². The van der Waals surface area contributed by atoms with Gasteiger partial charge in [-0.2, -0.15) is 0 Å². The van der Waals surface area contributed by atoms with Crippen molar-refractivity contribution >= 4 is 13.3 Å². The molecule has 0 spiro atoms. The van der Waals surface area contributed by atoms with Gasteiger partial charge in [-0.15, -0.1) is 0 Å². The van der Waals surface area contributed by atoms with Crippen LogP contribution in [0.1, 0.15) is 29.9 Å². The zero-order chi connectivity index (χ0) is 19.2. The summed E-state index contributed by atoms with van der Waals surface area (Å²) in [5.41, 5.74) is 3.55. The molecule has 1 aromatic carbocycles. The Labute approximate surface area is 136 Å². The number of hydrogen-bond donors (Lipinski definition) is 0. The van der Waals surface area contributed by atoms with Crippen LogP contribution >= 0.6 is 0 Å². The van der Waals surface area contributed by atoms with Gasteiger partial charge in [-0.1, -0.05) is 51.1 Å². The second-order valence-corrected chi connectivity index (χ2v) is 11.6. The lowest BCUT2D eigenvalue weighted by atomic mass is 10.0. The molecule has 1 nitrogen and oxygen atoms in total. The molecule has 0 saturated heterocycles. The Balaban J connectivity index is 2.85. The van der Waals surface area contributed by atoms with Crippen molar-refractivity contribution in [1.82, 2.24) is 0 Å². The second kappa shape index (κ2) is 6.14. The fraction of sp³-hybridized carbons (Fsp3) is 0.421. The van der Waals surface area contributed by atoms with E-state index in [0.29, 0.717) is 5.56 Å². The van der Waals surface area contributed by atoms with E-state index in [0.717, 1.165) is 22.0 Å². The minimum Gasteiger partial charge on any atom is -0.201 e. The van der Waals surface area contributed by atoms with Crippen LogP contribution in [-0.2, 0) is 13.4 Å². The molecule has 2 heteroatoms. The van der Waals surface area contributed by atoms with E-state index in [1.54, 1.807) is 0 Å². The van der Waals surface area contributed by atoms with Gasteiger partial charge in [0.1, 0.15) is 7.05 Å². The van der Waals surface area contributed by atoms with Crippen LogP contribution in [0.3, 0.4) is 0 Å². The average Bonchev–Trinajstić information content (AvgIpc) is 2.45. The molecule has 0 radical (unpaired) electrons. The maximum absolute atomic E-state index is 8.53. The molecule has 0 amide bonds. The smallest absolute Gasteiger partial charge is 0.201 e. The molecule has 0 aliphatic heterocycles. The number of nitrogens with zero attached hydrogens (tertiary/aromatic N) is 1. The zero-order valence-electron chi connectivity index (χ0n) is 17.9. The van der Waals surface area contributed by atoms with Crippen LogP contribution < -0.4 is 9.75 Å². The third kappa shape index (κ3) is 3.43. The van der Waals surface area contributed by atoms with Crippen LogP contribution in [0.25, 0.3) is 11.3 Å². The minimum atomic E-state index is -2.06. The van der Waals surface area contributed by atoms with Crippen LogP contribution in [0.5, 0.6) is 0 Å². The number of aryl methyl sites for hydroxylation is 3. The molecule has 0 bridgehead atoms. The summed E-state index contributed by atoms with van der Waals surface area (Å²) in [4.78, 5) is 0. The summed E-state index contributed by atoms with van der Waals surface area (Å²) in [6, 6.07) is 9.88. The van der Waals surface area contributed by atoms with Crippen LogP contribution in [0.2, 0.25) is 19.6 Å². The summed E-state index contributed by atoms with van der Waals surface area (Å²) in [7, 11) is 0.115. The van der Waals surface area contributed by atoms with Gasteiger partial charge < -0.3 is 0 Å². The van der Waals surface area contributed by atoms with Crippen LogP contribution in [0, 0.1) is 6.92 Å². The summed E-state index contributed by atoms with van der Waals surface area (Å²) in [6.07, 6.45) is -2.02. The highest BCUT2D eigenvalue weighted by Gasteiger charge is 2.25. The summed E-state index contributed by atoms with van der Waals surface area (Å²) < 4.78 is 35.2. The molecular weight excluding hydrogens is 270 g/mol. The van der Waals surface area contributed by atoms with Crippen LogP contribution in [-0.4, -0.2) is 8.07 Å². The number of benzene rings is 1. The second-order valence-electron chi connectivity index (χ2n) is 6.54. The maximum atomic E-state index is 8.53. The van der Waals surface area contributed by atoms with Crippen molar-refractivity contribution in [2.45, 2.75) is 46.2 Å². The van der Waals surface area contributed by atoms with Crippen LogP contribution in [0.4, 0.5) is 0 Å². The standard InChI is InChI=1S/C19H28NSi/c1-7-10-16-13-18(17-12-9-8-11-15(17)2)20(3)14-19(16)21(4,5)6/h8-9,11-14H,7,10H2,1-6H3/q+1/i7D2,10D2. The van der Waals surface area contributed by atoms with Gasteiger partial charge >= 0.3 is 0 Å². The molecule has 2 aromatic rings. The van der Waals surface area contributed by atoms with Crippen molar-refractivity contribution in [3.8, 4) is 11.3 Å². The topological polar surface area (TPSA) is 3.88 Å². The Morgan fingerprint density at radius 1 is 1.19 bits per heavy atom. The molecule has 0 fully saturated rings. The first-order chi connectivity index (χ1) is 11.3. The first-order valence-corrected chi connectivity index (χ1v) is 10.9. The Hall–Kier alpha value is -1.41. The fourth-order valence-corrected chi connectivity index (χ4v) is 4.14. The Morgan fingerprint density at radius 3 is 2.43 bits per heavy atom. The minimum absolute atomic E-state index is 0.482. The Kier molecular flexibility index (Phi) is 3.28. The average molecular weight is 303 g/mol. The highest BCUT2D eigenvalue weighted by molar-refractivity contribution is 6.88. The normalized spacial score (nSPS) is 15.9. The van der Waals surface area contributed by atoms with Crippen molar-refractivity contribution < 1.29 is 10.1 Å².